The van der Waals surface area contributed by atoms with Crippen molar-refractivity contribution in [2.45, 2.75) is 26.8 Å². The molecule has 0 saturated carbocycles. The second-order valence-electron chi connectivity index (χ2n) is 6.79. The first kappa shape index (κ1) is 18.0. The third-order valence-corrected chi connectivity index (χ3v) is 4.76. The minimum absolute atomic E-state index is 0.115. The number of hydrogen-bond donors (Lipinski definition) is 2. The zero-order valence-corrected chi connectivity index (χ0v) is 16.0. The van der Waals surface area contributed by atoms with E-state index in [1.165, 1.54) is 5.56 Å². The van der Waals surface area contributed by atoms with Gasteiger partial charge in [-0.05, 0) is 55.7 Å². The Morgan fingerprint density at radius 3 is 2.93 bits per heavy atom. The summed E-state index contributed by atoms with van der Waals surface area (Å²) in [5.74, 6) is 2.21. The van der Waals surface area contributed by atoms with Gasteiger partial charge in [0.1, 0.15) is 11.6 Å². The van der Waals surface area contributed by atoms with Gasteiger partial charge in [0.25, 0.3) is 0 Å². The number of nitrogens with zero attached hydrogens (tertiary/aromatic N) is 3. The summed E-state index contributed by atoms with van der Waals surface area (Å²) >= 11 is 0. The number of aromatic nitrogens is 3. The van der Waals surface area contributed by atoms with Crippen LogP contribution in [0.5, 0.6) is 5.75 Å². The zero-order valence-electron chi connectivity index (χ0n) is 16.0. The van der Waals surface area contributed by atoms with Gasteiger partial charge in [0.05, 0.1) is 6.61 Å². The maximum absolute atomic E-state index is 12.8. The van der Waals surface area contributed by atoms with E-state index in [2.05, 4.69) is 26.6 Å². The number of carbonyl (C=O) groups excluding carboxylic acids is 1. The Labute approximate surface area is 163 Å². The Hall–Kier alpha value is -3.35. The van der Waals surface area contributed by atoms with E-state index >= 15 is 0 Å². The second-order valence-corrected chi connectivity index (χ2v) is 6.79. The Morgan fingerprint density at radius 1 is 1.25 bits per heavy atom. The van der Waals surface area contributed by atoms with Crippen molar-refractivity contribution >= 4 is 11.7 Å². The van der Waals surface area contributed by atoms with Crippen molar-refractivity contribution in [3.05, 3.63) is 59.4 Å². The second kappa shape index (κ2) is 7.72. The predicted octanol–water partition coefficient (Wildman–Crippen LogP) is 3.77. The maximum Gasteiger partial charge on any atom is 0.322 e. The highest BCUT2D eigenvalue weighted by Crippen LogP contribution is 2.25. The third-order valence-electron chi connectivity index (χ3n) is 4.76. The fraction of sp³-hybridized carbons (Fsp3) is 0.286. The number of fused-ring (bicyclic) bond motifs is 1. The molecular formula is C21H23N5O2. The first-order chi connectivity index (χ1) is 13.6. The number of nitrogens with one attached hydrogen (secondary N) is 2. The minimum Gasteiger partial charge on any atom is -0.494 e. The Balaban J connectivity index is 1.46. The summed E-state index contributed by atoms with van der Waals surface area (Å²) in [4.78, 5) is 18.9. The standard InChI is InChI=1S/C21H23N5O2/c1-3-28-19-8-7-15-9-10-26(13-17(15)12-19)21(27)23-18-6-4-5-16(11-18)20-22-14(2)24-25-20/h4-8,11-12H,3,9-10,13H2,1-2H3,(H,23,27)(H,22,24,25). The number of benzene rings is 2. The van der Waals surface area contributed by atoms with Crippen LogP contribution >= 0.6 is 0 Å². The molecule has 1 aliphatic heterocycles. The number of amides is 2. The van der Waals surface area contributed by atoms with Gasteiger partial charge in [0.2, 0.25) is 0 Å². The molecule has 0 saturated heterocycles. The van der Waals surface area contributed by atoms with Gasteiger partial charge in [-0.2, -0.15) is 5.10 Å². The van der Waals surface area contributed by atoms with Crippen LogP contribution in [-0.2, 0) is 13.0 Å². The number of hydrogen-bond acceptors (Lipinski definition) is 4. The van der Waals surface area contributed by atoms with E-state index in [9.17, 15) is 4.79 Å². The largest absolute Gasteiger partial charge is 0.494 e. The molecule has 4 rings (SSSR count). The van der Waals surface area contributed by atoms with Crippen molar-refractivity contribution in [3.63, 3.8) is 0 Å². The number of ether oxygens (including phenoxy) is 1. The summed E-state index contributed by atoms with van der Waals surface area (Å²) < 4.78 is 5.59. The molecule has 7 heteroatoms. The molecule has 0 spiro atoms. The van der Waals surface area contributed by atoms with Crippen LogP contribution in [0.2, 0.25) is 0 Å². The number of carbonyl (C=O) groups is 1. The van der Waals surface area contributed by atoms with E-state index < -0.39 is 0 Å². The SMILES string of the molecule is CCOc1ccc2c(c1)CN(C(=O)Nc1cccc(-c3n[nH]c(C)n3)c1)CC2. The minimum atomic E-state index is -0.115. The fourth-order valence-electron chi connectivity index (χ4n) is 3.37. The van der Waals surface area contributed by atoms with Crippen LogP contribution in [-0.4, -0.2) is 39.3 Å². The number of aryl methyl sites for hydroxylation is 1. The van der Waals surface area contributed by atoms with Gasteiger partial charge in [0, 0.05) is 24.3 Å². The summed E-state index contributed by atoms with van der Waals surface area (Å²) in [5, 5.41) is 10.00. The monoisotopic (exact) mass is 377 g/mol. The normalized spacial score (nSPS) is 13.1. The molecule has 2 heterocycles. The van der Waals surface area contributed by atoms with E-state index in [4.69, 9.17) is 4.74 Å². The van der Waals surface area contributed by atoms with Gasteiger partial charge < -0.3 is 15.0 Å². The first-order valence-corrected chi connectivity index (χ1v) is 9.42. The summed E-state index contributed by atoms with van der Waals surface area (Å²) in [6.07, 6.45) is 0.839. The van der Waals surface area contributed by atoms with Gasteiger partial charge in [-0.25, -0.2) is 9.78 Å². The van der Waals surface area contributed by atoms with Crippen LogP contribution in [0.25, 0.3) is 11.4 Å². The van der Waals surface area contributed by atoms with Crippen molar-refractivity contribution in [1.29, 1.82) is 0 Å². The van der Waals surface area contributed by atoms with Crippen molar-refractivity contribution in [2.24, 2.45) is 0 Å². The molecule has 1 aliphatic rings. The lowest BCUT2D eigenvalue weighted by atomic mass is 10.00. The van der Waals surface area contributed by atoms with E-state index in [1.54, 1.807) is 0 Å². The average Bonchev–Trinajstić information content (AvgIpc) is 3.14. The summed E-state index contributed by atoms with van der Waals surface area (Å²) in [7, 11) is 0. The molecule has 0 radical (unpaired) electrons. The van der Waals surface area contributed by atoms with Crippen LogP contribution in [0.15, 0.2) is 42.5 Å². The molecule has 1 aromatic heterocycles. The smallest absolute Gasteiger partial charge is 0.322 e. The quantitative estimate of drug-likeness (QED) is 0.725. The van der Waals surface area contributed by atoms with E-state index in [0.29, 0.717) is 25.5 Å². The third kappa shape index (κ3) is 3.83. The van der Waals surface area contributed by atoms with Crippen LogP contribution in [0.3, 0.4) is 0 Å². The Bertz CT molecular complexity index is 998. The van der Waals surface area contributed by atoms with Gasteiger partial charge in [0.15, 0.2) is 5.82 Å². The van der Waals surface area contributed by atoms with E-state index in [1.807, 2.05) is 55.1 Å². The van der Waals surface area contributed by atoms with Crippen molar-refractivity contribution in [1.82, 2.24) is 20.1 Å². The molecule has 0 unspecified atom stereocenters. The van der Waals surface area contributed by atoms with E-state index in [-0.39, 0.29) is 6.03 Å². The van der Waals surface area contributed by atoms with Crippen molar-refractivity contribution < 1.29 is 9.53 Å². The predicted molar refractivity (Wildman–Crippen MR) is 107 cm³/mol. The number of anilines is 1. The van der Waals surface area contributed by atoms with Gasteiger partial charge in [-0.15, -0.1) is 0 Å². The van der Waals surface area contributed by atoms with E-state index in [0.717, 1.165) is 34.8 Å². The number of rotatable bonds is 4. The maximum atomic E-state index is 12.8. The average molecular weight is 377 g/mol. The van der Waals surface area contributed by atoms with Crippen LogP contribution in [0.1, 0.15) is 23.9 Å². The molecule has 2 N–H and O–H groups in total. The highest BCUT2D eigenvalue weighted by atomic mass is 16.5. The summed E-state index contributed by atoms with van der Waals surface area (Å²) in [6.45, 7) is 5.71. The first-order valence-electron chi connectivity index (χ1n) is 9.42. The number of H-pyrrole nitrogens is 1. The van der Waals surface area contributed by atoms with Gasteiger partial charge in [-0.3, -0.25) is 5.10 Å². The van der Waals surface area contributed by atoms with Crippen LogP contribution in [0.4, 0.5) is 10.5 Å². The molecule has 28 heavy (non-hydrogen) atoms. The molecule has 3 aromatic rings. The molecule has 144 valence electrons. The Kier molecular flexibility index (Phi) is 4.97. The lowest BCUT2D eigenvalue weighted by Gasteiger charge is -2.29. The Morgan fingerprint density at radius 2 is 2.14 bits per heavy atom. The highest BCUT2D eigenvalue weighted by molar-refractivity contribution is 5.90. The van der Waals surface area contributed by atoms with Gasteiger partial charge >= 0.3 is 6.03 Å². The van der Waals surface area contributed by atoms with Crippen molar-refractivity contribution in [3.8, 4) is 17.1 Å². The lowest BCUT2D eigenvalue weighted by molar-refractivity contribution is 0.206. The molecule has 2 aromatic carbocycles. The molecular weight excluding hydrogens is 354 g/mol. The molecule has 0 atom stereocenters. The molecule has 2 amide bonds. The molecule has 0 aliphatic carbocycles. The highest BCUT2D eigenvalue weighted by Gasteiger charge is 2.21. The molecule has 7 nitrogen and oxygen atoms in total. The van der Waals surface area contributed by atoms with Crippen molar-refractivity contribution in [2.75, 3.05) is 18.5 Å². The number of urea groups is 1. The van der Waals surface area contributed by atoms with Crippen LogP contribution < -0.4 is 10.1 Å². The zero-order chi connectivity index (χ0) is 19.5. The molecule has 0 bridgehead atoms. The molecule has 0 fully saturated rings. The van der Waals surface area contributed by atoms with Gasteiger partial charge in [-0.1, -0.05) is 18.2 Å². The van der Waals surface area contributed by atoms with Crippen LogP contribution in [0, 0.1) is 6.92 Å². The fourth-order valence-corrected chi connectivity index (χ4v) is 3.37. The topological polar surface area (TPSA) is 83.1 Å². The summed E-state index contributed by atoms with van der Waals surface area (Å²) in [5.41, 5.74) is 3.98. The number of aromatic amines is 1. The lowest BCUT2D eigenvalue weighted by Crippen LogP contribution is -2.38. The summed E-state index contributed by atoms with van der Waals surface area (Å²) in [6, 6.07) is 13.6.